The van der Waals surface area contributed by atoms with E-state index in [1.165, 1.54) is 12.1 Å². The summed E-state index contributed by atoms with van der Waals surface area (Å²) >= 11 is 0. The summed E-state index contributed by atoms with van der Waals surface area (Å²) in [5.41, 5.74) is -0.515. The van der Waals surface area contributed by atoms with E-state index < -0.39 is 23.1 Å². The summed E-state index contributed by atoms with van der Waals surface area (Å²) in [6.07, 6.45) is 0.256. The highest BCUT2D eigenvalue weighted by atomic mass is 19.2. The maximum absolute atomic E-state index is 13.6. The zero-order valence-electron chi connectivity index (χ0n) is 11.7. The molecule has 1 fully saturated rings. The first-order valence-electron chi connectivity index (χ1n) is 6.50. The van der Waals surface area contributed by atoms with Gasteiger partial charge in [-0.25, -0.2) is 8.78 Å². The molecule has 0 N–H and O–H groups in total. The SMILES string of the molecule is CC(C)(C)C1CC(=O)N(C(=O)c2cccc(F)c2F)C1. The summed E-state index contributed by atoms with van der Waals surface area (Å²) in [5, 5.41) is 0. The Kier molecular flexibility index (Phi) is 3.63. The molecule has 3 nitrogen and oxygen atoms in total. The molecule has 1 aromatic carbocycles. The van der Waals surface area contributed by atoms with E-state index in [1.807, 2.05) is 20.8 Å². The molecule has 2 amide bonds. The molecule has 1 unspecified atom stereocenters. The Bertz CT molecular complexity index is 563. The smallest absolute Gasteiger partial charge is 0.263 e. The zero-order valence-corrected chi connectivity index (χ0v) is 11.7. The first-order chi connectivity index (χ1) is 9.21. The van der Waals surface area contributed by atoms with Crippen molar-refractivity contribution in [2.45, 2.75) is 27.2 Å². The van der Waals surface area contributed by atoms with Crippen LogP contribution < -0.4 is 0 Å². The summed E-state index contributed by atoms with van der Waals surface area (Å²) in [5.74, 6) is -3.37. The fourth-order valence-corrected chi connectivity index (χ4v) is 2.30. The van der Waals surface area contributed by atoms with Gasteiger partial charge in [0.05, 0.1) is 5.56 Å². The molecule has 0 aromatic heterocycles. The number of amides is 2. The summed E-state index contributed by atoms with van der Waals surface area (Å²) in [4.78, 5) is 25.2. The number of imide groups is 1. The number of rotatable bonds is 1. The van der Waals surface area contributed by atoms with Gasteiger partial charge >= 0.3 is 0 Å². The second kappa shape index (κ2) is 4.96. The number of benzene rings is 1. The van der Waals surface area contributed by atoms with Gasteiger partial charge in [0.1, 0.15) is 0 Å². The fourth-order valence-electron chi connectivity index (χ4n) is 2.30. The molecule has 0 radical (unpaired) electrons. The van der Waals surface area contributed by atoms with Gasteiger partial charge in [-0.3, -0.25) is 14.5 Å². The van der Waals surface area contributed by atoms with Gasteiger partial charge in [-0.15, -0.1) is 0 Å². The van der Waals surface area contributed by atoms with Crippen LogP contribution in [0.1, 0.15) is 37.6 Å². The minimum atomic E-state index is -1.20. The monoisotopic (exact) mass is 281 g/mol. The molecule has 2 rings (SSSR count). The van der Waals surface area contributed by atoms with E-state index in [1.54, 1.807) is 0 Å². The lowest BCUT2D eigenvalue weighted by atomic mass is 9.80. The van der Waals surface area contributed by atoms with E-state index in [4.69, 9.17) is 0 Å². The van der Waals surface area contributed by atoms with Gasteiger partial charge in [-0.1, -0.05) is 26.8 Å². The highest BCUT2D eigenvalue weighted by Crippen LogP contribution is 2.35. The summed E-state index contributed by atoms with van der Waals surface area (Å²) in [6, 6.07) is 3.39. The Balaban J connectivity index is 2.26. The van der Waals surface area contributed by atoms with Crippen LogP contribution in [0.15, 0.2) is 18.2 Å². The molecular weight excluding hydrogens is 264 g/mol. The third-order valence-electron chi connectivity index (χ3n) is 3.78. The topological polar surface area (TPSA) is 37.4 Å². The second-order valence-corrected chi connectivity index (χ2v) is 6.18. The number of likely N-dealkylation sites (tertiary alicyclic amines) is 1. The van der Waals surface area contributed by atoms with Crippen molar-refractivity contribution >= 4 is 11.8 Å². The van der Waals surface area contributed by atoms with E-state index in [2.05, 4.69) is 0 Å². The lowest BCUT2D eigenvalue weighted by molar-refractivity contribution is -0.125. The van der Waals surface area contributed by atoms with Crippen LogP contribution in [0.2, 0.25) is 0 Å². The molecule has 1 aliphatic heterocycles. The Morgan fingerprint density at radius 1 is 1.30 bits per heavy atom. The zero-order chi connectivity index (χ0) is 15.1. The average molecular weight is 281 g/mol. The quantitative estimate of drug-likeness (QED) is 0.742. The summed E-state index contributed by atoms with van der Waals surface area (Å²) in [6.45, 7) is 6.21. The van der Waals surface area contributed by atoms with Crippen LogP contribution in [0.5, 0.6) is 0 Å². The van der Waals surface area contributed by atoms with Crippen LogP contribution in [0.3, 0.4) is 0 Å². The number of carbonyl (C=O) groups is 2. The molecule has 0 spiro atoms. The molecule has 0 aliphatic carbocycles. The molecule has 20 heavy (non-hydrogen) atoms. The van der Waals surface area contributed by atoms with Crippen molar-refractivity contribution in [1.82, 2.24) is 4.90 Å². The number of hydrogen-bond donors (Lipinski definition) is 0. The first-order valence-corrected chi connectivity index (χ1v) is 6.50. The molecule has 1 atom stereocenters. The predicted molar refractivity (Wildman–Crippen MR) is 70.0 cm³/mol. The van der Waals surface area contributed by atoms with Crippen LogP contribution in [0.25, 0.3) is 0 Å². The Morgan fingerprint density at radius 2 is 1.95 bits per heavy atom. The predicted octanol–water partition coefficient (Wildman–Crippen LogP) is 3.00. The Morgan fingerprint density at radius 3 is 2.50 bits per heavy atom. The normalized spacial score (nSPS) is 19.6. The van der Waals surface area contributed by atoms with Crippen LogP contribution in [0.4, 0.5) is 8.78 Å². The highest BCUT2D eigenvalue weighted by Gasteiger charge is 2.40. The highest BCUT2D eigenvalue weighted by molar-refractivity contribution is 6.05. The molecular formula is C15H17F2NO2. The Hall–Kier alpha value is -1.78. The summed E-state index contributed by atoms with van der Waals surface area (Å²) < 4.78 is 26.8. The van der Waals surface area contributed by atoms with Crippen molar-refractivity contribution in [2.24, 2.45) is 11.3 Å². The van der Waals surface area contributed by atoms with Crippen molar-refractivity contribution in [1.29, 1.82) is 0 Å². The standard InChI is InChI=1S/C15H17F2NO2/c1-15(2,3)9-7-12(19)18(8-9)14(20)10-5-4-6-11(16)13(10)17/h4-6,9H,7-8H2,1-3H3. The van der Waals surface area contributed by atoms with Gasteiger partial charge in [-0.05, 0) is 23.5 Å². The first kappa shape index (κ1) is 14.6. The molecule has 5 heteroatoms. The molecule has 0 saturated carbocycles. The van der Waals surface area contributed by atoms with Crippen LogP contribution in [0, 0.1) is 23.0 Å². The number of carbonyl (C=O) groups excluding carboxylic acids is 2. The largest absolute Gasteiger partial charge is 0.278 e. The number of hydrogen-bond acceptors (Lipinski definition) is 2. The van der Waals surface area contributed by atoms with Crippen LogP contribution in [-0.2, 0) is 4.79 Å². The van der Waals surface area contributed by atoms with E-state index in [0.29, 0.717) is 0 Å². The van der Waals surface area contributed by atoms with Gasteiger partial charge in [0.2, 0.25) is 5.91 Å². The van der Waals surface area contributed by atoms with Crippen LogP contribution in [-0.4, -0.2) is 23.3 Å². The van der Waals surface area contributed by atoms with Gasteiger partial charge in [0, 0.05) is 13.0 Å². The third kappa shape index (κ3) is 2.57. The van der Waals surface area contributed by atoms with Crippen molar-refractivity contribution in [2.75, 3.05) is 6.54 Å². The van der Waals surface area contributed by atoms with Crippen molar-refractivity contribution in [3.05, 3.63) is 35.4 Å². The van der Waals surface area contributed by atoms with Gasteiger partial charge in [0.15, 0.2) is 11.6 Å². The van der Waals surface area contributed by atoms with E-state index in [9.17, 15) is 18.4 Å². The minimum absolute atomic E-state index is 0.0237. The average Bonchev–Trinajstić information content (AvgIpc) is 2.74. The second-order valence-electron chi connectivity index (χ2n) is 6.18. The molecule has 1 aliphatic rings. The molecule has 0 bridgehead atoms. The lowest BCUT2D eigenvalue weighted by Crippen LogP contribution is -2.34. The van der Waals surface area contributed by atoms with E-state index >= 15 is 0 Å². The van der Waals surface area contributed by atoms with Gasteiger partial charge in [0.25, 0.3) is 5.91 Å². The molecule has 108 valence electrons. The number of halogens is 2. The number of nitrogens with zero attached hydrogens (tertiary/aromatic N) is 1. The van der Waals surface area contributed by atoms with Crippen molar-refractivity contribution < 1.29 is 18.4 Å². The Labute approximate surface area is 116 Å². The van der Waals surface area contributed by atoms with E-state index in [0.717, 1.165) is 11.0 Å². The third-order valence-corrected chi connectivity index (χ3v) is 3.78. The minimum Gasteiger partial charge on any atom is -0.278 e. The molecule has 1 heterocycles. The molecule has 1 aromatic rings. The molecule has 1 saturated heterocycles. The van der Waals surface area contributed by atoms with Crippen molar-refractivity contribution in [3.63, 3.8) is 0 Å². The van der Waals surface area contributed by atoms with Gasteiger partial charge in [-0.2, -0.15) is 0 Å². The van der Waals surface area contributed by atoms with E-state index in [-0.39, 0.29) is 30.2 Å². The van der Waals surface area contributed by atoms with Gasteiger partial charge < -0.3 is 0 Å². The lowest BCUT2D eigenvalue weighted by Gasteiger charge is -2.26. The maximum atomic E-state index is 13.6. The summed E-state index contributed by atoms with van der Waals surface area (Å²) in [7, 11) is 0. The fraction of sp³-hybridized carbons (Fsp3) is 0.467. The maximum Gasteiger partial charge on any atom is 0.263 e. The van der Waals surface area contributed by atoms with Crippen LogP contribution >= 0.6 is 0 Å². The van der Waals surface area contributed by atoms with Crippen molar-refractivity contribution in [3.8, 4) is 0 Å².